The molecule has 2 N–H and O–H groups in total. The Labute approximate surface area is 151 Å². The quantitative estimate of drug-likeness (QED) is 0.863. The fourth-order valence-corrected chi connectivity index (χ4v) is 3.24. The topological polar surface area (TPSA) is 85.2 Å². The van der Waals surface area contributed by atoms with Gasteiger partial charge in [-0.3, -0.25) is 9.59 Å². The first-order valence-corrected chi connectivity index (χ1v) is 9.01. The van der Waals surface area contributed by atoms with Gasteiger partial charge >= 0.3 is 0 Å². The summed E-state index contributed by atoms with van der Waals surface area (Å²) in [5.74, 6) is 0.610. The Morgan fingerprint density at radius 2 is 1.92 bits per heavy atom. The van der Waals surface area contributed by atoms with Crippen molar-refractivity contribution in [3.63, 3.8) is 0 Å². The average molecular weight is 354 g/mol. The Morgan fingerprint density at radius 1 is 1.15 bits per heavy atom. The molecule has 1 aromatic carbocycles. The lowest BCUT2D eigenvalue weighted by molar-refractivity contribution is 0.0935. The number of fused-ring (bicyclic) bond motifs is 1. The van der Waals surface area contributed by atoms with E-state index in [1.54, 1.807) is 31.4 Å². The summed E-state index contributed by atoms with van der Waals surface area (Å²) in [7, 11) is 1.60. The number of carbonyl (C=O) groups is 2. The Kier molecular flexibility index (Phi) is 4.36. The SMILES string of the molecule is COc1ccc(NC(=O)c2nc(C(=O)NC3CC3)n3c2CCCC3)cc1. The van der Waals surface area contributed by atoms with Gasteiger partial charge in [-0.2, -0.15) is 0 Å². The lowest BCUT2D eigenvalue weighted by Gasteiger charge is -2.17. The van der Waals surface area contributed by atoms with Gasteiger partial charge in [-0.1, -0.05) is 0 Å². The number of hydrogen-bond acceptors (Lipinski definition) is 4. The van der Waals surface area contributed by atoms with Crippen molar-refractivity contribution in [1.82, 2.24) is 14.9 Å². The summed E-state index contributed by atoms with van der Waals surface area (Å²) in [6.45, 7) is 0.728. The second-order valence-corrected chi connectivity index (χ2v) is 6.77. The van der Waals surface area contributed by atoms with Gasteiger partial charge in [0, 0.05) is 18.3 Å². The molecule has 1 aromatic heterocycles. The summed E-state index contributed by atoms with van der Waals surface area (Å²) in [4.78, 5) is 29.7. The molecule has 2 aromatic rings. The van der Waals surface area contributed by atoms with E-state index < -0.39 is 0 Å². The molecule has 1 fully saturated rings. The van der Waals surface area contributed by atoms with Crippen LogP contribution in [0, 0.1) is 0 Å². The molecule has 2 aliphatic rings. The molecule has 136 valence electrons. The minimum Gasteiger partial charge on any atom is -0.497 e. The van der Waals surface area contributed by atoms with Gasteiger partial charge in [-0.05, 0) is 56.4 Å². The Bertz CT molecular complexity index is 837. The molecule has 2 amide bonds. The summed E-state index contributed by atoms with van der Waals surface area (Å²) in [6.07, 6.45) is 4.79. The van der Waals surface area contributed by atoms with Gasteiger partial charge < -0.3 is 19.9 Å². The Morgan fingerprint density at radius 3 is 2.62 bits per heavy atom. The van der Waals surface area contributed by atoms with Gasteiger partial charge in [-0.15, -0.1) is 0 Å². The number of benzene rings is 1. The monoisotopic (exact) mass is 354 g/mol. The number of carbonyl (C=O) groups excluding carboxylic acids is 2. The first-order valence-electron chi connectivity index (χ1n) is 9.01. The largest absolute Gasteiger partial charge is 0.497 e. The first kappa shape index (κ1) is 16.6. The fourth-order valence-electron chi connectivity index (χ4n) is 3.24. The highest BCUT2D eigenvalue weighted by Gasteiger charge is 2.30. The number of ether oxygens (including phenoxy) is 1. The summed E-state index contributed by atoms with van der Waals surface area (Å²) < 4.78 is 7.03. The maximum atomic E-state index is 12.8. The van der Waals surface area contributed by atoms with Crippen LogP contribution in [0.15, 0.2) is 24.3 Å². The van der Waals surface area contributed by atoms with Crippen LogP contribution in [0.5, 0.6) is 5.75 Å². The van der Waals surface area contributed by atoms with E-state index in [4.69, 9.17) is 4.74 Å². The third-order valence-corrected chi connectivity index (χ3v) is 4.80. The van der Waals surface area contributed by atoms with Crippen LogP contribution in [-0.2, 0) is 13.0 Å². The van der Waals surface area contributed by atoms with Crippen LogP contribution in [0.25, 0.3) is 0 Å². The first-order chi connectivity index (χ1) is 12.7. The van der Waals surface area contributed by atoms with Crippen LogP contribution < -0.4 is 15.4 Å². The van der Waals surface area contributed by atoms with E-state index >= 15 is 0 Å². The van der Waals surface area contributed by atoms with E-state index in [2.05, 4.69) is 15.6 Å². The van der Waals surface area contributed by atoms with Gasteiger partial charge in [0.1, 0.15) is 5.75 Å². The third-order valence-electron chi connectivity index (χ3n) is 4.80. The van der Waals surface area contributed by atoms with Crippen molar-refractivity contribution < 1.29 is 14.3 Å². The molecule has 1 aliphatic carbocycles. The fraction of sp³-hybridized carbons (Fsp3) is 0.421. The number of nitrogens with one attached hydrogen (secondary N) is 2. The lowest BCUT2D eigenvalue weighted by atomic mass is 10.1. The Balaban J connectivity index is 1.58. The minimum atomic E-state index is -0.286. The van der Waals surface area contributed by atoms with E-state index in [1.807, 2.05) is 4.57 Å². The number of aromatic nitrogens is 2. The van der Waals surface area contributed by atoms with Gasteiger partial charge in [0.2, 0.25) is 0 Å². The average Bonchev–Trinajstić information content (AvgIpc) is 3.39. The lowest BCUT2D eigenvalue weighted by Crippen LogP contribution is -2.29. The van der Waals surface area contributed by atoms with Crippen LogP contribution in [0.4, 0.5) is 5.69 Å². The molecule has 0 radical (unpaired) electrons. The molecular weight excluding hydrogens is 332 g/mol. The molecule has 0 unspecified atom stereocenters. The van der Waals surface area contributed by atoms with Crippen LogP contribution in [-0.4, -0.2) is 34.5 Å². The van der Waals surface area contributed by atoms with Crippen LogP contribution in [0.3, 0.4) is 0 Å². The van der Waals surface area contributed by atoms with Crippen molar-refractivity contribution in [2.24, 2.45) is 0 Å². The molecule has 1 aliphatic heterocycles. The molecule has 7 nitrogen and oxygen atoms in total. The van der Waals surface area contributed by atoms with E-state index in [0.717, 1.165) is 50.1 Å². The third kappa shape index (κ3) is 3.29. The summed E-state index contributed by atoms with van der Waals surface area (Å²) >= 11 is 0. The second kappa shape index (κ2) is 6.82. The summed E-state index contributed by atoms with van der Waals surface area (Å²) in [5.41, 5.74) is 1.86. The van der Waals surface area contributed by atoms with Crippen molar-refractivity contribution in [3.8, 4) is 5.75 Å². The van der Waals surface area contributed by atoms with E-state index in [1.165, 1.54) is 0 Å². The highest BCUT2D eigenvalue weighted by Crippen LogP contribution is 2.24. The van der Waals surface area contributed by atoms with Crippen molar-refractivity contribution in [1.29, 1.82) is 0 Å². The predicted molar refractivity (Wildman–Crippen MR) is 96.6 cm³/mol. The molecule has 0 atom stereocenters. The normalized spacial score (nSPS) is 15.9. The second-order valence-electron chi connectivity index (χ2n) is 6.77. The molecule has 1 saturated carbocycles. The van der Waals surface area contributed by atoms with E-state index in [0.29, 0.717) is 17.2 Å². The number of anilines is 1. The van der Waals surface area contributed by atoms with Crippen molar-refractivity contribution >= 4 is 17.5 Å². The molecule has 4 rings (SSSR count). The minimum absolute atomic E-state index is 0.181. The maximum absolute atomic E-state index is 12.8. The highest BCUT2D eigenvalue weighted by molar-refractivity contribution is 6.05. The van der Waals surface area contributed by atoms with Gasteiger partial charge in [-0.25, -0.2) is 4.98 Å². The highest BCUT2D eigenvalue weighted by atomic mass is 16.5. The molecule has 0 bridgehead atoms. The number of amides is 2. The van der Waals surface area contributed by atoms with Crippen molar-refractivity contribution in [2.45, 2.75) is 44.7 Å². The van der Waals surface area contributed by atoms with Gasteiger partial charge in [0.15, 0.2) is 11.5 Å². The smallest absolute Gasteiger partial charge is 0.287 e. The molecule has 0 spiro atoms. The van der Waals surface area contributed by atoms with Gasteiger partial charge in [0.05, 0.1) is 12.8 Å². The molecular formula is C19H22N4O3. The molecule has 7 heteroatoms. The van der Waals surface area contributed by atoms with Crippen molar-refractivity contribution in [2.75, 3.05) is 12.4 Å². The van der Waals surface area contributed by atoms with E-state index in [-0.39, 0.29) is 17.9 Å². The van der Waals surface area contributed by atoms with Crippen molar-refractivity contribution in [3.05, 3.63) is 41.5 Å². The van der Waals surface area contributed by atoms with Crippen LogP contribution >= 0.6 is 0 Å². The number of imidazole rings is 1. The zero-order valence-electron chi connectivity index (χ0n) is 14.7. The molecule has 0 saturated heterocycles. The van der Waals surface area contributed by atoms with Crippen LogP contribution in [0.1, 0.15) is 52.5 Å². The van der Waals surface area contributed by atoms with Gasteiger partial charge in [0.25, 0.3) is 11.8 Å². The summed E-state index contributed by atoms with van der Waals surface area (Å²) in [5, 5.41) is 5.83. The molecule has 26 heavy (non-hydrogen) atoms. The maximum Gasteiger partial charge on any atom is 0.287 e. The molecule has 2 heterocycles. The number of hydrogen-bond donors (Lipinski definition) is 2. The summed E-state index contributed by atoms with van der Waals surface area (Å²) in [6, 6.07) is 7.38. The zero-order valence-corrected chi connectivity index (χ0v) is 14.7. The Hall–Kier alpha value is -2.83. The number of rotatable bonds is 5. The zero-order chi connectivity index (χ0) is 18.1. The number of nitrogens with zero attached hydrogens (tertiary/aromatic N) is 2. The van der Waals surface area contributed by atoms with Crippen LogP contribution in [0.2, 0.25) is 0 Å². The predicted octanol–water partition coefficient (Wildman–Crippen LogP) is 2.37. The number of methoxy groups -OCH3 is 1. The standard InChI is InChI=1S/C19H22N4O3/c1-26-14-9-7-13(8-10-14)20-18(24)16-15-4-2-3-11-23(15)17(22-16)19(25)21-12-5-6-12/h7-10,12H,2-6,11H2,1H3,(H,20,24)(H,21,25). The van der Waals surface area contributed by atoms with E-state index in [9.17, 15) is 9.59 Å².